The lowest BCUT2D eigenvalue weighted by Crippen LogP contribution is -2.38. The molecular weight excluding hydrogens is 286 g/mol. The fourth-order valence-electron chi connectivity index (χ4n) is 1.85. The molecule has 0 atom stereocenters. The molecule has 1 aromatic carbocycles. The first-order valence-corrected chi connectivity index (χ1v) is 8.44. The molecule has 0 aliphatic rings. The fraction of sp³-hybridized carbons (Fsp3) is 0.462. The van der Waals surface area contributed by atoms with Crippen molar-refractivity contribution < 1.29 is 13.2 Å². The summed E-state index contributed by atoms with van der Waals surface area (Å²) in [6.45, 7) is 6.33. The molecule has 1 rings (SSSR count). The van der Waals surface area contributed by atoms with E-state index in [-0.39, 0.29) is 22.4 Å². The molecule has 0 unspecified atom stereocenters. The quantitative estimate of drug-likeness (QED) is 0.786. The average Bonchev–Trinajstić information content (AvgIpc) is 2.33. The first-order chi connectivity index (χ1) is 8.79. The number of amides is 1. The van der Waals surface area contributed by atoms with Crippen LogP contribution in [0.15, 0.2) is 29.2 Å². The Bertz CT molecular complexity index is 555. The Morgan fingerprint density at radius 1 is 1.32 bits per heavy atom. The van der Waals surface area contributed by atoms with E-state index in [4.69, 9.17) is 10.7 Å². The van der Waals surface area contributed by atoms with Gasteiger partial charge in [0, 0.05) is 23.3 Å². The molecule has 0 saturated carbocycles. The van der Waals surface area contributed by atoms with Gasteiger partial charge >= 0.3 is 0 Å². The highest BCUT2D eigenvalue weighted by molar-refractivity contribution is 8.13. The third kappa shape index (κ3) is 3.94. The van der Waals surface area contributed by atoms with E-state index in [1.165, 1.54) is 12.1 Å². The van der Waals surface area contributed by atoms with Crippen LogP contribution in [-0.4, -0.2) is 31.8 Å². The number of benzene rings is 1. The lowest BCUT2D eigenvalue weighted by Gasteiger charge is -2.26. The molecule has 0 N–H and O–H groups in total. The van der Waals surface area contributed by atoms with E-state index in [2.05, 4.69) is 0 Å². The molecule has 1 aromatic rings. The van der Waals surface area contributed by atoms with Crippen molar-refractivity contribution in [3.05, 3.63) is 29.8 Å². The molecule has 0 heterocycles. The predicted molar refractivity (Wildman–Crippen MR) is 75.9 cm³/mol. The summed E-state index contributed by atoms with van der Waals surface area (Å²) in [5, 5.41) is 0. The Balaban J connectivity index is 3.26. The second kappa shape index (κ2) is 6.39. The molecule has 0 aliphatic heterocycles. The summed E-state index contributed by atoms with van der Waals surface area (Å²) in [7, 11) is 1.44. The Morgan fingerprint density at radius 2 is 1.89 bits per heavy atom. The normalized spacial score (nSPS) is 11.6. The molecule has 0 radical (unpaired) electrons. The van der Waals surface area contributed by atoms with E-state index in [1.54, 1.807) is 17.0 Å². The number of carbonyl (C=O) groups is 1. The highest BCUT2D eigenvalue weighted by Crippen LogP contribution is 2.22. The minimum atomic E-state index is -3.93. The van der Waals surface area contributed by atoms with Gasteiger partial charge in [0.25, 0.3) is 15.0 Å². The van der Waals surface area contributed by atoms with Crippen LogP contribution in [0.3, 0.4) is 0 Å². The second-order valence-corrected chi connectivity index (χ2v) is 7.06. The zero-order chi connectivity index (χ0) is 14.6. The summed E-state index contributed by atoms with van der Waals surface area (Å²) >= 11 is 0. The second-order valence-electron chi connectivity index (χ2n) is 4.53. The molecule has 0 saturated heterocycles. The molecule has 4 nitrogen and oxygen atoms in total. The van der Waals surface area contributed by atoms with Crippen molar-refractivity contribution in [3.8, 4) is 0 Å². The van der Waals surface area contributed by atoms with Crippen LogP contribution in [0.1, 0.15) is 37.6 Å². The third-order valence-electron chi connectivity index (χ3n) is 2.73. The number of halogens is 1. The maximum absolute atomic E-state index is 12.4. The highest BCUT2D eigenvalue weighted by atomic mass is 35.7. The van der Waals surface area contributed by atoms with Crippen molar-refractivity contribution in [2.45, 2.75) is 38.1 Å². The van der Waals surface area contributed by atoms with Crippen LogP contribution in [0.5, 0.6) is 0 Å². The number of carbonyl (C=O) groups excluding carboxylic acids is 1. The predicted octanol–water partition coefficient (Wildman–Crippen LogP) is 2.87. The van der Waals surface area contributed by atoms with E-state index >= 15 is 0 Å². The molecule has 0 fully saturated rings. The first-order valence-electron chi connectivity index (χ1n) is 6.13. The summed E-state index contributed by atoms with van der Waals surface area (Å²) in [6.07, 6.45) is 0.805. The van der Waals surface area contributed by atoms with Crippen LogP contribution in [0.4, 0.5) is 0 Å². The van der Waals surface area contributed by atoms with Gasteiger partial charge in [-0.1, -0.05) is 19.1 Å². The van der Waals surface area contributed by atoms with Gasteiger partial charge in [-0.3, -0.25) is 4.79 Å². The zero-order valence-corrected chi connectivity index (χ0v) is 12.8. The number of rotatable bonds is 5. The molecule has 0 aliphatic carbocycles. The van der Waals surface area contributed by atoms with Crippen molar-refractivity contribution in [1.82, 2.24) is 4.90 Å². The van der Waals surface area contributed by atoms with Crippen LogP contribution in [0.25, 0.3) is 0 Å². The van der Waals surface area contributed by atoms with Gasteiger partial charge in [-0.15, -0.1) is 0 Å². The fourth-order valence-corrected chi connectivity index (χ4v) is 2.91. The lowest BCUT2D eigenvalue weighted by atomic mass is 10.1. The van der Waals surface area contributed by atoms with Gasteiger partial charge in [-0.2, -0.15) is 0 Å². The largest absolute Gasteiger partial charge is 0.336 e. The SMILES string of the molecule is CCCN(C(=O)c1ccccc1S(=O)(=O)Cl)C(C)C. The maximum atomic E-state index is 12.4. The lowest BCUT2D eigenvalue weighted by molar-refractivity contribution is 0.0702. The van der Waals surface area contributed by atoms with Crippen molar-refractivity contribution in [2.24, 2.45) is 0 Å². The zero-order valence-electron chi connectivity index (χ0n) is 11.3. The third-order valence-corrected chi connectivity index (χ3v) is 4.11. The van der Waals surface area contributed by atoms with Gasteiger partial charge in [0.15, 0.2) is 0 Å². The molecule has 106 valence electrons. The standard InChI is InChI=1S/C13H18ClNO3S/c1-4-9-15(10(2)3)13(16)11-7-5-6-8-12(11)19(14,17)18/h5-8,10H,4,9H2,1-3H3. The molecule has 19 heavy (non-hydrogen) atoms. The van der Waals surface area contributed by atoms with Gasteiger partial charge < -0.3 is 4.90 Å². The van der Waals surface area contributed by atoms with Crippen LogP contribution < -0.4 is 0 Å². The molecule has 0 aromatic heterocycles. The van der Waals surface area contributed by atoms with E-state index in [0.29, 0.717) is 6.54 Å². The topological polar surface area (TPSA) is 54.5 Å². The van der Waals surface area contributed by atoms with Crippen LogP contribution >= 0.6 is 10.7 Å². The van der Waals surface area contributed by atoms with Gasteiger partial charge in [0.05, 0.1) is 10.5 Å². The Kier molecular flexibility index (Phi) is 5.38. The van der Waals surface area contributed by atoms with Crippen molar-refractivity contribution in [1.29, 1.82) is 0 Å². The maximum Gasteiger partial charge on any atom is 0.262 e. The van der Waals surface area contributed by atoms with Crippen LogP contribution in [-0.2, 0) is 9.05 Å². The van der Waals surface area contributed by atoms with E-state index in [1.807, 2.05) is 20.8 Å². The van der Waals surface area contributed by atoms with E-state index in [9.17, 15) is 13.2 Å². The van der Waals surface area contributed by atoms with Crippen LogP contribution in [0, 0.1) is 0 Å². The summed E-state index contributed by atoms with van der Waals surface area (Å²) < 4.78 is 23.0. The smallest absolute Gasteiger partial charge is 0.262 e. The van der Waals surface area contributed by atoms with Gasteiger partial charge in [0.2, 0.25) is 0 Å². The average molecular weight is 304 g/mol. The summed E-state index contributed by atoms with van der Waals surface area (Å²) in [4.78, 5) is 14.0. The summed E-state index contributed by atoms with van der Waals surface area (Å²) in [5.41, 5.74) is 0.125. The minimum absolute atomic E-state index is 0.00136. The van der Waals surface area contributed by atoms with E-state index in [0.717, 1.165) is 6.42 Å². The van der Waals surface area contributed by atoms with Crippen LogP contribution in [0.2, 0.25) is 0 Å². The van der Waals surface area contributed by atoms with Crippen molar-refractivity contribution in [2.75, 3.05) is 6.54 Å². The van der Waals surface area contributed by atoms with Crippen molar-refractivity contribution >= 4 is 25.6 Å². The van der Waals surface area contributed by atoms with Gasteiger partial charge in [-0.05, 0) is 32.4 Å². The summed E-state index contributed by atoms with van der Waals surface area (Å²) in [5.74, 6) is -0.309. The molecule has 0 spiro atoms. The molecule has 1 amide bonds. The highest BCUT2D eigenvalue weighted by Gasteiger charge is 2.24. The first kappa shape index (κ1) is 16.0. The molecule has 6 heteroatoms. The number of hydrogen-bond acceptors (Lipinski definition) is 3. The van der Waals surface area contributed by atoms with Gasteiger partial charge in [-0.25, -0.2) is 8.42 Å². The summed E-state index contributed by atoms with van der Waals surface area (Å²) in [6, 6.07) is 6.01. The molecule has 0 bridgehead atoms. The monoisotopic (exact) mass is 303 g/mol. The number of nitrogens with zero attached hydrogens (tertiary/aromatic N) is 1. The Labute approximate surface area is 118 Å². The number of hydrogen-bond donors (Lipinski definition) is 0. The van der Waals surface area contributed by atoms with Crippen molar-refractivity contribution in [3.63, 3.8) is 0 Å². The Morgan fingerprint density at radius 3 is 2.37 bits per heavy atom. The Hall–Kier alpha value is -1.07. The molecular formula is C13H18ClNO3S. The van der Waals surface area contributed by atoms with E-state index < -0.39 is 9.05 Å². The minimum Gasteiger partial charge on any atom is -0.336 e. The van der Waals surface area contributed by atoms with Gasteiger partial charge in [0.1, 0.15) is 0 Å².